The van der Waals surface area contributed by atoms with Crippen molar-refractivity contribution in [1.82, 2.24) is 5.32 Å². The normalized spacial score (nSPS) is 19.7. The first-order chi connectivity index (χ1) is 10.0. The molecule has 1 saturated heterocycles. The van der Waals surface area contributed by atoms with Crippen LogP contribution in [0.5, 0.6) is 0 Å². The Balaban J connectivity index is 2.00. The molecule has 1 aliphatic heterocycles. The summed E-state index contributed by atoms with van der Waals surface area (Å²) < 4.78 is 0. The lowest BCUT2D eigenvalue weighted by atomic mass is 10.1. The van der Waals surface area contributed by atoms with Gasteiger partial charge in [0.1, 0.15) is 5.25 Å². The summed E-state index contributed by atoms with van der Waals surface area (Å²) in [5.41, 5.74) is 2.86. The van der Waals surface area contributed by atoms with Gasteiger partial charge in [-0.2, -0.15) is 0 Å². The SMILES string of the molecule is CCN=C1NC(=O)[C@@H](CC(=O)Nc2c(C)cccc2C)S1. The van der Waals surface area contributed by atoms with Crippen molar-refractivity contribution < 1.29 is 9.59 Å². The number of hydrogen-bond acceptors (Lipinski definition) is 4. The molecule has 0 saturated carbocycles. The molecular weight excluding hydrogens is 286 g/mol. The summed E-state index contributed by atoms with van der Waals surface area (Å²) in [6, 6.07) is 5.85. The molecule has 1 aromatic carbocycles. The second kappa shape index (κ2) is 6.76. The predicted molar refractivity (Wildman–Crippen MR) is 86.7 cm³/mol. The van der Waals surface area contributed by atoms with Crippen LogP contribution in [0.15, 0.2) is 23.2 Å². The van der Waals surface area contributed by atoms with Crippen molar-refractivity contribution in [3.8, 4) is 0 Å². The van der Waals surface area contributed by atoms with Gasteiger partial charge in [0.2, 0.25) is 11.8 Å². The zero-order valence-corrected chi connectivity index (χ0v) is 13.2. The van der Waals surface area contributed by atoms with E-state index in [0.29, 0.717) is 11.7 Å². The topological polar surface area (TPSA) is 70.6 Å². The molecule has 0 aliphatic carbocycles. The van der Waals surface area contributed by atoms with Gasteiger partial charge in [-0.1, -0.05) is 30.0 Å². The van der Waals surface area contributed by atoms with Crippen LogP contribution < -0.4 is 10.6 Å². The van der Waals surface area contributed by atoms with Crippen LogP contribution in [-0.4, -0.2) is 28.8 Å². The van der Waals surface area contributed by atoms with Crippen molar-refractivity contribution in [2.24, 2.45) is 4.99 Å². The number of aryl methyl sites for hydroxylation is 2. The molecule has 21 heavy (non-hydrogen) atoms. The monoisotopic (exact) mass is 305 g/mol. The summed E-state index contributed by atoms with van der Waals surface area (Å²) in [7, 11) is 0. The Labute approximate surface area is 128 Å². The fraction of sp³-hybridized carbons (Fsp3) is 0.400. The van der Waals surface area contributed by atoms with E-state index < -0.39 is 5.25 Å². The minimum Gasteiger partial charge on any atom is -0.326 e. The van der Waals surface area contributed by atoms with Crippen molar-refractivity contribution >= 4 is 34.4 Å². The van der Waals surface area contributed by atoms with E-state index in [2.05, 4.69) is 15.6 Å². The van der Waals surface area contributed by atoms with E-state index in [1.165, 1.54) is 11.8 Å². The summed E-state index contributed by atoms with van der Waals surface area (Å²) in [5.74, 6) is -0.304. The van der Waals surface area contributed by atoms with Gasteiger partial charge in [-0.15, -0.1) is 0 Å². The van der Waals surface area contributed by atoms with E-state index >= 15 is 0 Å². The molecule has 6 heteroatoms. The zero-order valence-electron chi connectivity index (χ0n) is 12.4. The number of benzene rings is 1. The number of rotatable bonds is 4. The summed E-state index contributed by atoms with van der Waals surface area (Å²) in [6.07, 6.45) is 0.146. The Kier molecular flexibility index (Phi) is 5.01. The molecule has 1 heterocycles. The standard InChI is InChI=1S/C15H19N3O2S/c1-4-16-15-18-14(20)11(21-15)8-12(19)17-13-9(2)6-5-7-10(13)3/h5-7,11H,4,8H2,1-3H3,(H,17,19)(H,16,18,20)/t11-/m1/s1. The third-order valence-electron chi connectivity index (χ3n) is 3.19. The number of anilines is 1. The van der Waals surface area contributed by atoms with Crippen LogP contribution in [0.2, 0.25) is 0 Å². The Morgan fingerprint density at radius 3 is 2.67 bits per heavy atom. The summed E-state index contributed by atoms with van der Waals surface area (Å²) >= 11 is 1.32. The maximum Gasteiger partial charge on any atom is 0.240 e. The van der Waals surface area contributed by atoms with Gasteiger partial charge in [0.05, 0.1) is 0 Å². The Morgan fingerprint density at radius 1 is 1.38 bits per heavy atom. The number of thioether (sulfide) groups is 1. The van der Waals surface area contributed by atoms with Crippen molar-refractivity contribution in [2.45, 2.75) is 32.4 Å². The number of amidine groups is 1. The molecule has 2 amide bonds. The van der Waals surface area contributed by atoms with Gasteiger partial charge < -0.3 is 10.6 Å². The molecular formula is C15H19N3O2S. The molecule has 1 aromatic rings. The van der Waals surface area contributed by atoms with Crippen LogP contribution in [0.1, 0.15) is 24.5 Å². The lowest BCUT2D eigenvalue weighted by Gasteiger charge is -2.12. The van der Waals surface area contributed by atoms with E-state index in [1.54, 1.807) is 0 Å². The van der Waals surface area contributed by atoms with E-state index in [-0.39, 0.29) is 18.2 Å². The number of para-hydroxylation sites is 1. The molecule has 0 bridgehead atoms. The van der Waals surface area contributed by atoms with Gasteiger partial charge in [-0.05, 0) is 31.9 Å². The van der Waals surface area contributed by atoms with E-state index in [1.807, 2.05) is 39.0 Å². The molecule has 1 fully saturated rings. The summed E-state index contributed by atoms with van der Waals surface area (Å²) in [4.78, 5) is 28.1. The number of carbonyl (C=O) groups excluding carboxylic acids is 2. The van der Waals surface area contributed by atoms with Crippen molar-refractivity contribution in [3.05, 3.63) is 29.3 Å². The molecule has 0 unspecified atom stereocenters. The average molecular weight is 305 g/mol. The van der Waals surface area contributed by atoms with Gasteiger partial charge >= 0.3 is 0 Å². The highest BCUT2D eigenvalue weighted by molar-refractivity contribution is 8.15. The van der Waals surface area contributed by atoms with Crippen LogP contribution in [0.4, 0.5) is 5.69 Å². The van der Waals surface area contributed by atoms with Gasteiger partial charge in [0.25, 0.3) is 0 Å². The first-order valence-corrected chi connectivity index (χ1v) is 7.77. The fourth-order valence-electron chi connectivity index (χ4n) is 2.13. The molecule has 0 radical (unpaired) electrons. The number of nitrogens with one attached hydrogen (secondary N) is 2. The summed E-state index contributed by atoms with van der Waals surface area (Å²) in [6.45, 7) is 6.42. The smallest absolute Gasteiger partial charge is 0.240 e. The van der Waals surface area contributed by atoms with Crippen LogP contribution in [-0.2, 0) is 9.59 Å². The summed E-state index contributed by atoms with van der Waals surface area (Å²) in [5, 5.41) is 5.79. The molecule has 5 nitrogen and oxygen atoms in total. The fourth-order valence-corrected chi connectivity index (χ4v) is 3.16. The predicted octanol–water partition coefficient (Wildman–Crippen LogP) is 2.24. The van der Waals surface area contributed by atoms with Crippen molar-refractivity contribution in [3.63, 3.8) is 0 Å². The van der Waals surface area contributed by atoms with Crippen molar-refractivity contribution in [1.29, 1.82) is 0 Å². The minimum absolute atomic E-state index is 0.146. The molecule has 112 valence electrons. The molecule has 0 spiro atoms. The molecule has 0 aromatic heterocycles. The largest absolute Gasteiger partial charge is 0.326 e. The molecule has 2 N–H and O–H groups in total. The molecule has 1 aliphatic rings. The molecule has 1 atom stereocenters. The van der Waals surface area contributed by atoms with E-state index in [9.17, 15) is 9.59 Å². The van der Waals surface area contributed by atoms with E-state index in [4.69, 9.17) is 0 Å². The zero-order chi connectivity index (χ0) is 15.4. The maximum atomic E-state index is 12.1. The third kappa shape index (κ3) is 3.85. The quantitative estimate of drug-likeness (QED) is 0.896. The minimum atomic E-state index is -0.403. The van der Waals surface area contributed by atoms with Crippen LogP contribution in [0.25, 0.3) is 0 Å². The molecule has 2 rings (SSSR count). The van der Waals surface area contributed by atoms with Crippen LogP contribution in [0.3, 0.4) is 0 Å². The number of carbonyl (C=O) groups is 2. The van der Waals surface area contributed by atoms with Gasteiger partial charge in [0.15, 0.2) is 5.17 Å². The average Bonchev–Trinajstić information content (AvgIpc) is 2.75. The first-order valence-electron chi connectivity index (χ1n) is 6.89. The highest BCUT2D eigenvalue weighted by Gasteiger charge is 2.31. The maximum absolute atomic E-state index is 12.1. The van der Waals surface area contributed by atoms with Crippen LogP contribution >= 0.6 is 11.8 Å². The van der Waals surface area contributed by atoms with Gasteiger partial charge in [-0.25, -0.2) is 0 Å². The highest BCUT2D eigenvalue weighted by atomic mass is 32.2. The highest BCUT2D eigenvalue weighted by Crippen LogP contribution is 2.24. The first kappa shape index (κ1) is 15.6. The second-order valence-corrected chi connectivity index (χ2v) is 6.09. The number of hydrogen-bond donors (Lipinski definition) is 2. The second-order valence-electron chi connectivity index (χ2n) is 4.89. The van der Waals surface area contributed by atoms with Gasteiger partial charge in [-0.3, -0.25) is 14.6 Å². The Hall–Kier alpha value is -1.82. The lowest BCUT2D eigenvalue weighted by Crippen LogP contribution is -2.28. The van der Waals surface area contributed by atoms with E-state index in [0.717, 1.165) is 16.8 Å². The lowest BCUT2D eigenvalue weighted by molar-refractivity contribution is -0.122. The Morgan fingerprint density at radius 2 is 2.05 bits per heavy atom. The van der Waals surface area contributed by atoms with Crippen molar-refractivity contribution in [2.75, 3.05) is 11.9 Å². The van der Waals surface area contributed by atoms with Crippen LogP contribution in [0, 0.1) is 13.8 Å². The third-order valence-corrected chi connectivity index (χ3v) is 4.31. The number of amides is 2. The number of aliphatic imine (C=N–C) groups is 1. The number of nitrogens with zero attached hydrogens (tertiary/aromatic N) is 1. The van der Waals surface area contributed by atoms with Gasteiger partial charge in [0, 0.05) is 18.7 Å². The Bertz CT molecular complexity index is 578.